The molecule has 0 aliphatic carbocycles. The number of hydrogen-bond acceptors (Lipinski definition) is 3. The van der Waals surface area contributed by atoms with Gasteiger partial charge in [-0.05, 0) is 50.2 Å². The molecule has 0 aliphatic heterocycles. The van der Waals surface area contributed by atoms with Gasteiger partial charge in [-0.2, -0.15) is 0 Å². The minimum atomic E-state index is -0.194. The summed E-state index contributed by atoms with van der Waals surface area (Å²) in [4.78, 5) is 0. The summed E-state index contributed by atoms with van der Waals surface area (Å²) in [7, 11) is 1.52. The maximum absolute atomic E-state index is 6.38. The van der Waals surface area contributed by atoms with Gasteiger partial charge in [0.25, 0.3) is 0 Å². The van der Waals surface area contributed by atoms with Crippen molar-refractivity contribution < 1.29 is 0 Å². The van der Waals surface area contributed by atoms with Crippen LogP contribution >= 0.6 is 70.1 Å². The minimum absolute atomic E-state index is 0.194. The first-order valence-corrected chi connectivity index (χ1v) is 13.9. The first-order chi connectivity index (χ1) is 10.4. The van der Waals surface area contributed by atoms with Crippen molar-refractivity contribution in [1.29, 1.82) is 0 Å². The third-order valence-electron chi connectivity index (χ3n) is 2.78. The second kappa shape index (κ2) is 8.51. The van der Waals surface area contributed by atoms with Crippen LogP contribution in [0.1, 0.15) is 0 Å². The number of rotatable bonds is 7. The summed E-state index contributed by atoms with van der Waals surface area (Å²) in [5.41, 5.74) is 0. The van der Waals surface area contributed by atoms with Crippen LogP contribution in [0.25, 0.3) is 0 Å². The van der Waals surface area contributed by atoms with Gasteiger partial charge in [-0.25, -0.2) is 0 Å². The first-order valence-electron chi connectivity index (χ1n) is 6.36. The Hall–Kier alpha value is 0.680. The molecular formula is C14H14ClP3S3. The topological polar surface area (TPSA) is 0 Å². The molecule has 0 radical (unpaired) electrons. The van der Waals surface area contributed by atoms with Gasteiger partial charge < -0.3 is 0 Å². The molecule has 4 atom stereocenters. The molecule has 7 heteroatoms. The molecule has 3 rings (SSSR count). The maximum Gasteiger partial charge on any atom is 0.0338 e. The van der Waals surface area contributed by atoms with Gasteiger partial charge in [0.15, 0.2) is 0 Å². The van der Waals surface area contributed by atoms with Crippen LogP contribution in [0.5, 0.6) is 0 Å². The summed E-state index contributed by atoms with van der Waals surface area (Å²) in [6.45, 7) is 0. The van der Waals surface area contributed by atoms with E-state index >= 15 is 0 Å². The third-order valence-corrected chi connectivity index (χ3v) is 16.9. The monoisotopic (exact) mass is 406 g/mol. The zero-order valence-corrected chi connectivity index (χ0v) is 17.1. The molecule has 0 amide bonds. The van der Waals surface area contributed by atoms with Crippen molar-refractivity contribution in [1.82, 2.24) is 0 Å². The zero-order valence-electron chi connectivity index (χ0n) is 11.0. The predicted octanol–water partition coefficient (Wildman–Crippen LogP) is 5.47. The van der Waals surface area contributed by atoms with Crippen LogP contribution in [0, 0.1) is 0 Å². The molecule has 0 aliphatic rings. The fourth-order valence-corrected chi connectivity index (χ4v) is 16.1. The molecule has 3 aromatic rings. The largest absolute Gasteiger partial charge is 0.144 e. The number of thiophene rings is 3. The van der Waals surface area contributed by atoms with Gasteiger partial charge in [-0.1, -0.05) is 26.8 Å². The number of halogens is 1. The minimum Gasteiger partial charge on any atom is -0.144 e. The van der Waals surface area contributed by atoms with Crippen molar-refractivity contribution in [2.45, 2.75) is 5.40 Å². The second-order valence-corrected chi connectivity index (χ2v) is 15.1. The standard InChI is InChI=1S/C14H14ClP3S3/c15-10-11(16-12-4-1-7-19-12)18(14-6-3-9-21-14)17-13-5-2-8-20-13/h1-9,11,16-17H,10H2. The van der Waals surface area contributed by atoms with E-state index in [0.29, 0.717) is 5.40 Å². The highest BCUT2D eigenvalue weighted by Crippen LogP contribution is 2.63. The van der Waals surface area contributed by atoms with Crippen molar-refractivity contribution in [3.63, 3.8) is 0 Å². The predicted molar refractivity (Wildman–Crippen MR) is 110 cm³/mol. The van der Waals surface area contributed by atoms with Crippen LogP contribution in [0.2, 0.25) is 0 Å². The van der Waals surface area contributed by atoms with Crippen molar-refractivity contribution >= 4 is 83.9 Å². The summed E-state index contributed by atoms with van der Waals surface area (Å²) >= 11 is 12.0. The van der Waals surface area contributed by atoms with Crippen molar-refractivity contribution in [3.05, 3.63) is 52.5 Å². The summed E-state index contributed by atoms with van der Waals surface area (Å²) in [5.74, 6) is 0.762. The fourth-order valence-electron chi connectivity index (χ4n) is 1.85. The SMILES string of the molecule is ClCC(Pc1cccs1)P(Pc1cccs1)c1cccs1. The maximum atomic E-state index is 6.38. The van der Waals surface area contributed by atoms with E-state index in [1.165, 1.54) is 9.24 Å². The molecule has 3 heterocycles. The lowest BCUT2D eigenvalue weighted by Crippen LogP contribution is -2.10. The molecule has 110 valence electrons. The van der Waals surface area contributed by atoms with E-state index in [9.17, 15) is 0 Å². The van der Waals surface area contributed by atoms with E-state index in [4.69, 9.17) is 11.6 Å². The Balaban J connectivity index is 1.82. The molecule has 0 spiro atoms. The summed E-state index contributed by atoms with van der Waals surface area (Å²) < 4.78 is 4.55. The average Bonchev–Trinajstić information content (AvgIpc) is 3.25. The Kier molecular flexibility index (Phi) is 6.70. The van der Waals surface area contributed by atoms with Crippen molar-refractivity contribution in [2.75, 3.05) is 5.88 Å². The van der Waals surface area contributed by atoms with E-state index in [-0.39, 0.29) is 7.61 Å². The van der Waals surface area contributed by atoms with Gasteiger partial charge in [0.1, 0.15) is 0 Å². The number of hydrogen-bond donors (Lipinski definition) is 0. The summed E-state index contributed by atoms with van der Waals surface area (Å²) in [5, 5.41) is 7.15. The molecule has 21 heavy (non-hydrogen) atoms. The molecule has 0 saturated heterocycles. The van der Waals surface area contributed by atoms with Crippen LogP contribution in [-0.2, 0) is 0 Å². The lowest BCUT2D eigenvalue weighted by atomic mass is 10.7. The van der Waals surface area contributed by atoms with E-state index in [1.807, 2.05) is 34.0 Å². The molecule has 3 aromatic heterocycles. The van der Waals surface area contributed by atoms with E-state index in [1.54, 1.807) is 4.62 Å². The lowest BCUT2D eigenvalue weighted by molar-refractivity contribution is 1.42. The summed E-state index contributed by atoms with van der Waals surface area (Å²) in [6, 6.07) is 13.3. The molecule has 0 N–H and O–H groups in total. The van der Waals surface area contributed by atoms with Crippen LogP contribution in [-0.4, -0.2) is 11.3 Å². The summed E-state index contributed by atoms with van der Waals surface area (Å²) in [6.07, 6.45) is 0. The Bertz CT molecular complexity index is 623. The number of alkyl halides is 1. The molecular weight excluding hydrogens is 393 g/mol. The first kappa shape index (κ1) is 16.5. The van der Waals surface area contributed by atoms with Crippen LogP contribution in [0.3, 0.4) is 0 Å². The molecule has 0 saturated carbocycles. The third kappa shape index (κ3) is 4.58. The van der Waals surface area contributed by atoms with Gasteiger partial charge in [-0.15, -0.1) is 45.6 Å². The highest BCUT2D eigenvalue weighted by atomic mass is 35.5. The van der Waals surface area contributed by atoms with Gasteiger partial charge in [0.2, 0.25) is 0 Å². The Morgan fingerprint density at radius 3 is 2.19 bits per heavy atom. The Morgan fingerprint density at radius 2 is 1.62 bits per heavy atom. The molecule has 0 bridgehead atoms. The highest BCUT2D eigenvalue weighted by Gasteiger charge is 2.24. The Labute approximate surface area is 147 Å². The quantitative estimate of drug-likeness (QED) is 0.361. The van der Waals surface area contributed by atoms with Gasteiger partial charge >= 0.3 is 0 Å². The van der Waals surface area contributed by atoms with E-state index < -0.39 is 0 Å². The van der Waals surface area contributed by atoms with Gasteiger partial charge in [-0.3, -0.25) is 0 Å². The smallest absolute Gasteiger partial charge is 0.0338 e. The van der Waals surface area contributed by atoms with Gasteiger partial charge in [0, 0.05) is 25.1 Å². The fraction of sp³-hybridized carbons (Fsp3) is 0.143. The molecule has 0 aromatic carbocycles. The van der Waals surface area contributed by atoms with Crippen molar-refractivity contribution in [2.24, 2.45) is 0 Å². The Morgan fingerprint density at radius 1 is 0.952 bits per heavy atom. The zero-order chi connectivity index (χ0) is 14.5. The second-order valence-electron chi connectivity index (χ2n) is 4.20. The van der Waals surface area contributed by atoms with Crippen molar-refractivity contribution in [3.8, 4) is 0 Å². The van der Waals surface area contributed by atoms with Gasteiger partial charge in [0.05, 0.1) is 0 Å². The van der Waals surface area contributed by atoms with Crippen LogP contribution in [0.4, 0.5) is 0 Å². The highest BCUT2D eigenvalue weighted by molar-refractivity contribution is 8.31. The lowest BCUT2D eigenvalue weighted by Gasteiger charge is -2.24. The normalized spacial score (nSPS) is 15.3. The van der Waals surface area contributed by atoms with Crippen LogP contribution < -0.4 is 13.9 Å². The molecule has 0 nitrogen and oxygen atoms in total. The molecule has 0 fully saturated rings. The molecule has 4 unspecified atom stereocenters. The van der Waals surface area contributed by atoms with Crippen LogP contribution in [0.15, 0.2) is 52.5 Å². The van der Waals surface area contributed by atoms with E-state index in [2.05, 4.69) is 52.5 Å². The average molecular weight is 407 g/mol. The van der Waals surface area contributed by atoms with E-state index in [0.717, 1.165) is 22.7 Å².